The number of para-hydroxylation sites is 1. The van der Waals surface area contributed by atoms with Gasteiger partial charge in [0.15, 0.2) is 12.3 Å². The highest BCUT2D eigenvalue weighted by atomic mass is 35.5. The van der Waals surface area contributed by atoms with E-state index in [-0.39, 0.29) is 10.3 Å². The Morgan fingerprint density at radius 3 is 2.50 bits per heavy atom. The Hall–Kier alpha value is -2.75. The molecule has 2 aromatic rings. The van der Waals surface area contributed by atoms with Crippen LogP contribution >= 0.6 is 19.3 Å². The number of aliphatic hydroxyl groups excluding tert-OH is 1. The molecule has 18 heteroatoms. The number of nitrogen functional groups attached to an aromatic ring is 1. The Balaban J connectivity index is 1.97. The van der Waals surface area contributed by atoms with Gasteiger partial charge in [-0.2, -0.15) is 18.9 Å². The molecule has 0 bridgehead atoms. The monoisotopic (exact) mass is 616 g/mol. The molecule has 3 rings (SSSR count). The van der Waals surface area contributed by atoms with Gasteiger partial charge in [-0.05, 0) is 32.9 Å². The van der Waals surface area contributed by atoms with E-state index in [2.05, 4.69) is 10.1 Å². The minimum Gasteiger partial charge on any atom is -0.462 e. The van der Waals surface area contributed by atoms with Gasteiger partial charge < -0.3 is 24.8 Å². The van der Waals surface area contributed by atoms with Gasteiger partial charge in [-0.15, -0.1) is 0 Å². The summed E-state index contributed by atoms with van der Waals surface area (Å²) in [6.07, 6.45) is -9.48. The molecule has 1 aliphatic heterocycles. The first-order valence-electron chi connectivity index (χ1n) is 11.6. The van der Waals surface area contributed by atoms with E-state index in [1.165, 1.54) is 45.0 Å². The molecule has 0 spiro atoms. The van der Waals surface area contributed by atoms with Crippen LogP contribution in [0, 0.1) is 0 Å². The molecule has 4 N–H and O–H groups in total. The van der Waals surface area contributed by atoms with E-state index in [0.717, 1.165) is 0 Å². The van der Waals surface area contributed by atoms with E-state index in [4.69, 9.17) is 35.9 Å². The summed E-state index contributed by atoms with van der Waals surface area (Å²) < 4.78 is 93.5. The number of alkyl halides is 4. The predicted molar refractivity (Wildman–Crippen MR) is 132 cm³/mol. The summed E-state index contributed by atoms with van der Waals surface area (Å²) in [5.74, 6) is -6.37. The molecule has 0 saturated carbocycles. The van der Waals surface area contributed by atoms with E-state index in [1.54, 1.807) is 6.07 Å². The fourth-order valence-electron chi connectivity index (χ4n) is 3.54. The van der Waals surface area contributed by atoms with Crippen LogP contribution in [0.3, 0.4) is 0 Å². The zero-order valence-electron chi connectivity index (χ0n) is 21.2. The van der Waals surface area contributed by atoms with E-state index < -0.39 is 79.3 Å². The van der Waals surface area contributed by atoms with Crippen molar-refractivity contribution in [2.75, 3.05) is 12.3 Å². The number of nitrogens with one attached hydrogen (secondary N) is 1. The van der Waals surface area contributed by atoms with Gasteiger partial charge in [0.25, 0.3) is 6.43 Å². The lowest BCUT2D eigenvalue weighted by Crippen LogP contribution is -2.57. The SMILES string of the molecule is CC(C)OC(=O)[C@H](C)NP(=O)(OC[C@@]1(C(F)F)O[C@@H](n2cc(Cl)c(N)nc2=O)[C@H](O)C1(F)F)Oc1ccccc1. The fourth-order valence-corrected chi connectivity index (χ4v) is 5.21. The van der Waals surface area contributed by atoms with E-state index in [9.17, 15) is 28.0 Å². The summed E-state index contributed by atoms with van der Waals surface area (Å²) in [7, 11) is -4.92. The Kier molecular flexibility index (Phi) is 9.54. The highest BCUT2D eigenvalue weighted by molar-refractivity contribution is 7.52. The summed E-state index contributed by atoms with van der Waals surface area (Å²) in [5, 5.41) is 12.0. The van der Waals surface area contributed by atoms with Gasteiger partial charge in [0, 0.05) is 6.20 Å². The van der Waals surface area contributed by atoms with Crippen molar-refractivity contribution in [1.82, 2.24) is 14.6 Å². The number of aliphatic hydroxyl groups is 1. The standard InChI is InChI=1S/C22H26ClF4N4O8P/c1-11(2)37-18(33)12(3)30-40(35,39-13-7-5-4-6-8-13)36-10-21(19(24)25)22(26,27)15(32)17(38-21)31-9-14(23)16(28)29-20(31)34/h4-9,11-12,15,17,19,32H,10H2,1-3H3,(H,30,35)(H2,28,29,34)/t12-,15-,17+,21-,40?/m0/s1. The number of nitrogens with two attached hydrogens (primary N) is 1. The molecule has 1 aromatic carbocycles. The second-order valence-corrected chi connectivity index (χ2v) is 11.0. The maximum atomic E-state index is 15.3. The summed E-state index contributed by atoms with van der Waals surface area (Å²) in [4.78, 5) is 27.8. The third kappa shape index (κ3) is 6.42. The molecular formula is C22H26ClF4N4O8P. The van der Waals surface area contributed by atoms with E-state index in [0.29, 0.717) is 6.20 Å². The van der Waals surface area contributed by atoms with Gasteiger partial charge in [0.2, 0.25) is 5.60 Å². The van der Waals surface area contributed by atoms with E-state index in [1.807, 2.05) is 0 Å². The van der Waals surface area contributed by atoms with Crippen LogP contribution in [0.1, 0.15) is 27.0 Å². The van der Waals surface area contributed by atoms with Crippen molar-refractivity contribution >= 4 is 31.1 Å². The number of hydrogen-bond donors (Lipinski definition) is 3. The van der Waals surface area contributed by atoms with Crippen molar-refractivity contribution < 1.29 is 50.5 Å². The highest BCUT2D eigenvalue weighted by Gasteiger charge is 2.74. The third-order valence-electron chi connectivity index (χ3n) is 5.57. The quantitative estimate of drug-likeness (QED) is 0.193. The Morgan fingerprint density at radius 1 is 1.30 bits per heavy atom. The number of aromatic nitrogens is 2. The predicted octanol–water partition coefficient (Wildman–Crippen LogP) is 3.14. The lowest BCUT2D eigenvalue weighted by Gasteiger charge is -2.34. The minimum atomic E-state index is -4.92. The third-order valence-corrected chi connectivity index (χ3v) is 7.49. The van der Waals surface area contributed by atoms with Crippen LogP contribution in [0.4, 0.5) is 23.4 Å². The highest BCUT2D eigenvalue weighted by Crippen LogP contribution is 2.54. The van der Waals surface area contributed by atoms with Gasteiger partial charge in [-0.3, -0.25) is 13.9 Å². The molecule has 0 amide bonds. The molecule has 1 fully saturated rings. The van der Waals surface area contributed by atoms with Gasteiger partial charge in [-0.25, -0.2) is 18.1 Å². The van der Waals surface area contributed by atoms with Crippen molar-refractivity contribution in [3.8, 4) is 5.75 Å². The molecular weight excluding hydrogens is 591 g/mol. The van der Waals surface area contributed by atoms with Crippen LogP contribution < -0.4 is 21.0 Å². The summed E-state index contributed by atoms with van der Waals surface area (Å²) in [6.45, 7) is 2.40. The zero-order valence-corrected chi connectivity index (χ0v) is 22.8. The Morgan fingerprint density at radius 2 is 1.93 bits per heavy atom. The Bertz CT molecular complexity index is 1320. The molecule has 0 radical (unpaired) electrons. The molecule has 1 aliphatic rings. The first-order valence-corrected chi connectivity index (χ1v) is 13.5. The maximum Gasteiger partial charge on any atom is 0.459 e. The molecule has 1 aromatic heterocycles. The van der Waals surface area contributed by atoms with Crippen molar-refractivity contribution in [1.29, 1.82) is 0 Å². The molecule has 2 heterocycles. The van der Waals surface area contributed by atoms with Gasteiger partial charge >= 0.3 is 25.3 Å². The lowest BCUT2D eigenvalue weighted by atomic mass is 9.95. The maximum absolute atomic E-state index is 15.3. The van der Waals surface area contributed by atoms with Crippen LogP contribution in [0.5, 0.6) is 5.75 Å². The second kappa shape index (κ2) is 12.0. The van der Waals surface area contributed by atoms with Gasteiger partial charge in [0.05, 0.1) is 17.7 Å². The molecule has 12 nitrogen and oxygen atoms in total. The number of esters is 1. The molecule has 5 atom stereocenters. The number of carbonyl (C=O) groups is 1. The largest absolute Gasteiger partial charge is 0.462 e. The van der Waals surface area contributed by atoms with Crippen molar-refractivity contribution in [2.45, 2.75) is 63.2 Å². The van der Waals surface area contributed by atoms with Crippen LogP contribution in [0.15, 0.2) is 41.3 Å². The lowest BCUT2D eigenvalue weighted by molar-refractivity contribution is -0.242. The molecule has 40 heavy (non-hydrogen) atoms. The molecule has 1 unspecified atom stereocenters. The number of benzene rings is 1. The smallest absolute Gasteiger partial charge is 0.459 e. The first kappa shape index (κ1) is 31.8. The number of hydrogen-bond acceptors (Lipinski definition) is 10. The van der Waals surface area contributed by atoms with Crippen molar-refractivity contribution in [3.05, 3.63) is 52.0 Å². The number of carbonyl (C=O) groups excluding carboxylic acids is 1. The topological polar surface area (TPSA) is 164 Å². The summed E-state index contributed by atoms with van der Waals surface area (Å²) in [6, 6.07) is 5.63. The fraction of sp³-hybridized carbons (Fsp3) is 0.500. The molecule has 0 aliphatic carbocycles. The van der Waals surface area contributed by atoms with Crippen LogP contribution in [0.25, 0.3) is 0 Å². The van der Waals surface area contributed by atoms with Gasteiger partial charge in [0.1, 0.15) is 17.6 Å². The van der Waals surface area contributed by atoms with Crippen molar-refractivity contribution in [2.24, 2.45) is 0 Å². The summed E-state index contributed by atoms with van der Waals surface area (Å²) >= 11 is 5.78. The average molecular weight is 617 g/mol. The van der Waals surface area contributed by atoms with E-state index >= 15 is 8.78 Å². The number of anilines is 1. The number of rotatable bonds is 11. The number of ether oxygens (including phenoxy) is 2. The number of halogens is 5. The zero-order chi connectivity index (χ0) is 30.0. The molecule has 1 saturated heterocycles. The van der Waals surface area contributed by atoms with Crippen LogP contribution in [-0.2, 0) is 23.4 Å². The van der Waals surface area contributed by atoms with Gasteiger partial charge in [-0.1, -0.05) is 29.8 Å². The van der Waals surface area contributed by atoms with Crippen molar-refractivity contribution in [3.63, 3.8) is 0 Å². The molecule has 222 valence electrons. The average Bonchev–Trinajstić information content (AvgIpc) is 3.06. The second-order valence-electron chi connectivity index (χ2n) is 8.94. The first-order chi connectivity index (χ1) is 18.5. The van der Waals surface area contributed by atoms with Crippen LogP contribution in [-0.4, -0.2) is 63.4 Å². The Labute approximate surface area is 229 Å². The summed E-state index contributed by atoms with van der Waals surface area (Å²) in [5.41, 5.74) is 0.0799. The number of nitrogens with zero attached hydrogens (tertiary/aromatic N) is 2. The minimum absolute atomic E-state index is 0.139. The normalized spacial score (nSPS) is 24.6. The van der Waals surface area contributed by atoms with Crippen LogP contribution in [0.2, 0.25) is 5.02 Å².